The van der Waals surface area contributed by atoms with E-state index >= 15 is 0 Å². The third kappa shape index (κ3) is 4.27. The molecule has 0 aromatic heterocycles. The smallest absolute Gasteiger partial charge is 0.123 e. The Balaban J connectivity index is 0.00000200. The van der Waals surface area contributed by atoms with Crippen molar-refractivity contribution in [1.82, 2.24) is 10.2 Å². The zero-order valence-corrected chi connectivity index (χ0v) is 13.5. The van der Waals surface area contributed by atoms with Gasteiger partial charge >= 0.3 is 0 Å². The van der Waals surface area contributed by atoms with Gasteiger partial charge in [0.15, 0.2) is 0 Å². The van der Waals surface area contributed by atoms with E-state index in [1.54, 1.807) is 14.2 Å². The van der Waals surface area contributed by atoms with E-state index in [2.05, 4.69) is 30.1 Å². The number of benzene rings is 1. The van der Waals surface area contributed by atoms with Crippen molar-refractivity contribution in [3.8, 4) is 11.5 Å². The molecule has 1 heterocycles. The first-order valence-corrected chi connectivity index (χ1v) is 6.81. The number of piperazine rings is 1. The Morgan fingerprint density at radius 2 is 1.80 bits per heavy atom. The molecule has 114 valence electrons. The van der Waals surface area contributed by atoms with Crippen molar-refractivity contribution in [2.75, 3.05) is 27.3 Å². The highest BCUT2D eigenvalue weighted by molar-refractivity contribution is 5.85. The molecule has 2 unspecified atom stereocenters. The molecule has 0 radical (unpaired) electrons. The van der Waals surface area contributed by atoms with Crippen LogP contribution in [0, 0.1) is 0 Å². The third-order valence-corrected chi connectivity index (χ3v) is 3.51. The van der Waals surface area contributed by atoms with Crippen molar-refractivity contribution in [2.24, 2.45) is 0 Å². The predicted molar refractivity (Wildman–Crippen MR) is 84.1 cm³/mol. The average Bonchev–Trinajstić information content (AvgIpc) is 2.37. The second-order valence-electron chi connectivity index (χ2n) is 5.34. The van der Waals surface area contributed by atoms with Crippen LogP contribution in [0.1, 0.15) is 19.4 Å². The zero-order chi connectivity index (χ0) is 13.8. The van der Waals surface area contributed by atoms with Gasteiger partial charge < -0.3 is 14.8 Å². The van der Waals surface area contributed by atoms with E-state index in [1.807, 2.05) is 12.1 Å². The summed E-state index contributed by atoms with van der Waals surface area (Å²) in [6, 6.07) is 7.03. The van der Waals surface area contributed by atoms with Crippen LogP contribution in [0.4, 0.5) is 0 Å². The summed E-state index contributed by atoms with van der Waals surface area (Å²) in [6.07, 6.45) is 0. The highest BCUT2D eigenvalue weighted by atomic mass is 35.5. The maximum Gasteiger partial charge on any atom is 0.123 e. The highest BCUT2D eigenvalue weighted by Crippen LogP contribution is 2.25. The Morgan fingerprint density at radius 1 is 1.15 bits per heavy atom. The summed E-state index contributed by atoms with van der Waals surface area (Å²) in [4.78, 5) is 2.46. The molecule has 0 amide bonds. The average molecular weight is 301 g/mol. The quantitative estimate of drug-likeness (QED) is 0.925. The van der Waals surface area contributed by atoms with Crippen LogP contribution in [-0.2, 0) is 6.54 Å². The Labute approximate surface area is 127 Å². The van der Waals surface area contributed by atoms with Crippen LogP contribution in [-0.4, -0.2) is 44.3 Å². The van der Waals surface area contributed by atoms with Gasteiger partial charge in [0, 0.05) is 37.3 Å². The molecule has 2 atom stereocenters. The molecule has 1 fully saturated rings. The van der Waals surface area contributed by atoms with Gasteiger partial charge in [-0.05, 0) is 32.0 Å². The second-order valence-corrected chi connectivity index (χ2v) is 5.34. The lowest BCUT2D eigenvalue weighted by molar-refractivity contribution is 0.165. The first kappa shape index (κ1) is 17.1. The molecule has 20 heavy (non-hydrogen) atoms. The minimum atomic E-state index is 0. The van der Waals surface area contributed by atoms with Crippen molar-refractivity contribution in [3.05, 3.63) is 23.8 Å². The van der Waals surface area contributed by atoms with E-state index < -0.39 is 0 Å². The van der Waals surface area contributed by atoms with Crippen molar-refractivity contribution in [1.29, 1.82) is 0 Å². The maximum absolute atomic E-state index is 5.44. The highest BCUT2D eigenvalue weighted by Gasteiger charge is 2.21. The van der Waals surface area contributed by atoms with Gasteiger partial charge in [-0.15, -0.1) is 12.4 Å². The number of methoxy groups -OCH3 is 2. The summed E-state index contributed by atoms with van der Waals surface area (Å²) in [5, 5.41) is 3.55. The minimum absolute atomic E-state index is 0. The van der Waals surface area contributed by atoms with E-state index in [1.165, 1.54) is 5.56 Å². The molecule has 1 aromatic rings. The molecular weight excluding hydrogens is 276 g/mol. The van der Waals surface area contributed by atoms with Gasteiger partial charge in [-0.3, -0.25) is 4.90 Å². The number of hydrogen-bond donors (Lipinski definition) is 1. The number of halogens is 1. The molecule has 1 saturated heterocycles. The fourth-order valence-corrected chi connectivity index (χ4v) is 2.82. The molecule has 1 aromatic carbocycles. The first-order chi connectivity index (χ1) is 9.12. The molecule has 0 aliphatic carbocycles. The van der Waals surface area contributed by atoms with Crippen LogP contribution >= 0.6 is 12.4 Å². The molecule has 5 heteroatoms. The van der Waals surface area contributed by atoms with Gasteiger partial charge in [-0.1, -0.05) is 0 Å². The van der Waals surface area contributed by atoms with Crippen molar-refractivity contribution < 1.29 is 9.47 Å². The summed E-state index contributed by atoms with van der Waals surface area (Å²) < 4.78 is 10.7. The van der Waals surface area contributed by atoms with Gasteiger partial charge in [0.05, 0.1) is 14.2 Å². The van der Waals surface area contributed by atoms with Crippen LogP contribution in [0.25, 0.3) is 0 Å². The summed E-state index contributed by atoms with van der Waals surface area (Å²) in [5.74, 6) is 1.81. The number of nitrogens with one attached hydrogen (secondary N) is 1. The number of rotatable bonds is 4. The van der Waals surface area contributed by atoms with Crippen LogP contribution in [0.2, 0.25) is 0 Å². The van der Waals surface area contributed by atoms with Crippen molar-refractivity contribution in [2.45, 2.75) is 32.5 Å². The van der Waals surface area contributed by atoms with Gasteiger partial charge in [-0.25, -0.2) is 0 Å². The molecule has 2 rings (SSSR count). The summed E-state index contributed by atoms with van der Waals surface area (Å²) >= 11 is 0. The van der Waals surface area contributed by atoms with Gasteiger partial charge in [0.2, 0.25) is 0 Å². The lowest BCUT2D eigenvalue weighted by Gasteiger charge is -2.36. The summed E-state index contributed by atoms with van der Waals surface area (Å²) in [7, 11) is 3.41. The minimum Gasteiger partial charge on any atom is -0.497 e. The van der Waals surface area contributed by atoms with Crippen molar-refractivity contribution in [3.63, 3.8) is 0 Å². The molecule has 1 aliphatic rings. The van der Waals surface area contributed by atoms with E-state index in [0.29, 0.717) is 12.1 Å². The van der Waals surface area contributed by atoms with E-state index in [0.717, 1.165) is 31.1 Å². The van der Waals surface area contributed by atoms with Crippen LogP contribution in [0.5, 0.6) is 11.5 Å². The normalized spacial score (nSPS) is 23.0. The van der Waals surface area contributed by atoms with E-state index in [-0.39, 0.29) is 12.4 Å². The lowest BCUT2D eigenvalue weighted by Crippen LogP contribution is -2.53. The topological polar surface area (TPSA) is 33.7 Å². The van der Waals surface area contributed by atoms with Crippen LogP contribution in [0.3, 0.4) is 0 Å². The van der Waals surface area contributed by atoms with Gasteiger partial charge in [0.1, 0.15) is 11.5 Å². The lowest BCUT2D eigenvalue weighted by atomic mass is 10.1. The monoisotopic (exact) mass is 300 g/mol. The van der Waals surface area contributed by atoms with Crippen LogP contribution < -0.4 is 14.8 Å². The molecular formula is C15H25ClN2O2. The second kappa shape index (κ2) is 7.72. The molecule has 0 bridgehead atoms. The largest absolute Gasteiger partial charge is 0.497 e. The Morgan fingerprint density at radius 3 is 2.35 bits per heavy atom. The Kier molecular flexibility index (Phi) is 6.59. The fraction of sp³-hybridized carbons (Fsp3) is 0.600. The van der Waals surface area contributed by atoms with E-state index in [4.69, 9.17) is 9.47 Å². The molecule has 4 nitrogen and oxygen atoms in total. The Bertz CT molecular complexity index is 418. The summed E-state index contributed by atoms with van der Waals surface area (Å²) in [6.45, 7) is 7.48. The SMILES string of the molecule is COc1ccc(OC)c(CN2CC(C)NC(C)C2)c1.Cl. The molecule has 0 saturated carbocycles. The number of nitrogens with zero attached hydrogens (tertiary/aromatic N) is 1. The van der Waals surface area contributed by atoms with Crippen LogP contribution in [0.15, 0.2) is 18.2 Å². The molecule has 1 N–H and O–H groups in total. The zero-order valence-electron chi connectivity index (χ0n) is 12.7. The van der Waals surface area contributed by atoms with Crippen molar-refractivity contribution >= 4 is 12.4 Å². The Hall–Kier alpha value is -0.970. The summed E-state index contributed by atoms with van der Waals surface area (Å²) in [5.41, 5.74) is 1.18. The first-order valence-electron chi connectivity index (χ1n) is 6.81. The number of hydrogen-bond acceptors (Lipinski definition) is 4. The number of ether oxygens (including phenoxy) is 2. The maximum atomic E-state index is 5.44. The van der Waals surface area contributed by atoms with E-state index in [9.17, 15) is 0 Å². The fourth-order valence-electron chi connectivity index (χ4n) is 2.82. The molecule has 1 aliphatic heterocycles. The third-order valence-electron chi connectivity index (χ3n) is 3.51. The predicted octanol–water partition coefficient (Wildman–Crippen LogP) is 2.31. The molecule has 0 spiro atoms. The van der Waals surface area contributed by atoms with Gasteiger partial charge in [0.25, 0.3) is 0 Å². The standard InChI is InChI=1S/C15H24N2O2.ClH/c1-11-8-17(9-12(2)16-11)10-13-7-14(18-3)5-6-15(13)19-4;/h5-7,11-12,16H,8-10H2,1-4H3;1H. The van der Waals surface area contributed by atoms with Gasteiger partial charge in [-0.2, -0.15) is 0 Å².